The molecule has 0 aromatic heterocycles. The first kappa shape index (κ1) is 24.8. The van der Waals surface area contributed by atoms with Gasteiger partial charge in [-0.15, -0.1) is 24.0 Å². The van der Waals surface area contributed by atoms with Crippen molar-refractivity contribution in [2.24, 2.45) is 4.99 Å². The molecule has 0 bridgehead atoms. The lowest BCUT2D eigenvalue weighted by Gasteiger charge is -2.35. The van der Waals surface area contributed by atoms with Crippen LogP contribution in [0.15, 0.2) is 35.3 Å². The highest BCUT2D eigenvalue weighted by Crippen LogP contribution is 2.33. The van der Waals surface area contributed by atoms with Gasteiger partial charge >= 0.3 is 6.18 Å². The average Bonchev–Trinajstić information content (AvgIpc) is 3.19. The van der Waals surface area contributed by atoms with Crippen molar-refractivity contribution in [3.63, 3.8) is 0 Å². The summed E-state index contributed by atoms with van der Waals surface area (Å²) in [6, 6.07) is 4.30. The minimum absolute atomic E-state index is 0. The summed E-state index contributed by atoms with van der Waals surface area (Å²) >= 11 is 0. The van der Waals surface area contributed by atoms with Crippen LogP contribution in [0, 0.1) is 0 Å². The second-order valence-corrected chi connectivity index (χ2v) is 7.61. The van der Waals surface area contributed by atoms with Crippen LogP contribution in [-0.2, 0) is 12.7 Å². The molecule has 0 unspecified atom stereocenters. The lowest BCUT2D eigenvalue weighted by atomic mass is 10.1. The van der Waals surface area contributed by atoms with Crippen molar-refractivity contribution in [1.82, 2.24) is 15.5 Å². The molecule has 0 spiro atoms. The summed E-state index contributed by atoms with van der Waals surface area (Å²) in [6.07, 6.45) is 1.75. The molecule has 2 aliphatic rings. The molecule has 9 heteroatoms. The monoisotopic (exact) mass is 537 g/mol. The largest absolute Gasteiger partial charge is 0.416 e. The second-order valence-electron chi connectivity index (χ2n) is 7.61. The molecule has 1 heterocycles. The fourth-order valence-electron chi connectivity index (χ4n) is 3.66. The molecule has 1 aromatic rings. The van der Waals surface area contributed by atoms with E-state index in [9.17, 15) is 13.2 Å². The zero-order valence-corrected chi connectivity index (χ0v) is 19.8. The molecule has 168 valence electrons. The molecule has 1 aliphatic carbocycles. The SMILES string of the molecule is CCNC(=NCc1cc(C(F)(F)F)ccc1N1CCN(C)CC1)NC1CC=CC1.I. The van der Waals surface area contributed by atoms with Crippen LogP contribution in [0.4, 0.5) is 18.9 Å². The molecule has 0 atom stereocenters. The number of piperazine rings is 1. The Hall–Kier alpha value is -1.49. The predicted molar refractivity (Wildman–Crippen MR) is 127 cm³/mol. The van der Waals surface area contributed by atoms with Gasteiger partial charge in [0, 0.05) is 44.5 Å². The molecule has 5 nitrogen and oxygen atoms in total. The second kappa shape index (κ2) is 11.2. The molecule has 1 aliphatic heterocycles. The molecule has 0 amide bonds. The van der Waals surface area contributed by atoms with E-state index in [1.54, 1.807) is 6.07 Å². The van der Waals surface area contributed by atoms with Crippen molar-refractivity contribution in [1.29, 1.82) is 0 Å². The molecule has 1 aromatic carbocycles. The van der Waals surface area contributed by atoms with Gasteiger partial charge in [-0.3, -0.25) is 0 Å². The van der Waals surface area contributed by atoms with Gasteiger partial charge in [-0.25, -0.2) is 4.99 Å². The van der Waals surface area contributed by atoms with Crippen molar-refractivity contribution >= 4 is 35.6 Å². The van der Waals surface area contributed by atoms with E-state index in [0.717, 1.165) is 44.7 Å². The Morgan fingerprint density at radius 3 is 2.40 bits per heavy atom. The summed E-state index contributed by atoms with van der Waals surface area (Å²) in [4.78, 5) is 8.99. The zero-order chi connectivity index (χ0) is 20.9. The number of halogens is 4. The molecule has 0 radical (unpaired) electrons. The van der Waals surface area contributed by atoms with Crippen LogP contribution in [0.2, 0.25) is 0 Å². The van der Waals surface area contributed by atoms with Crippen LogP contribution in [0.5, 0.6) is 0 Å². The summed E-state index contributed by atoms with van der Waals surface area (Å²) in [5.74, 6) is 0.642. The summed E-state index contributed by atoms with van der Waals surface area (Å²) in [5, 5.41) is 6.57. The number of nitrogens with zero attached hydrogens (tertiary/aromatic N) is 3. The standard InChI is InChI=1S/C21H30F3N5.HI/c1-3-25-20(27-18-6-4-5-7-18)26-15-16-14-17(21(22,23)24)8-9-19(16)29-12-10-28(2)11-13-29;/h4-5,8-9,14,18H,3,6-7,10-13,15H2,1-2H3,(H2,25,26,27);1H. The van der Waals surface area contributed by atoms with Crippen molar-refractivity contribution in [3.05, 3.63) is 41.5 Å². The van der Waals surface area contributed by atoms with E-state index >= 15 is 0 Å². The molecule has 1 saturated heterocycles. The molecule has 1 fully saturated rings. The summed E-state index contributed by atoms with van der Waals surface area (Å²) in [5.41, 5.74) is 0.817. The molecular weight excluding hydrogens is 506 g/mol. The van der Waals surface area contributed by atoms with Crippen LogP contribution in [0.1, 0.15) is 30.9 Å². The van der Waals surface area contributed by atoms with Crippen LogP contribution in [-0.4, -0.2) is 56.7 Å². The highest BCUT2D eigenvalue weighted by molar-refractivity contribution is 14.0. The third-order valence-electron chi connectivity index (χ3n) is 5.35. The first-order chi connectivity index (χ1) is 13.9. The van der Waals surface area contributed by atoms with Gasteiger partial charge in [0.05, 0.1) is 12.1 Å². The van der Waals surface area contributed by atoms with Crippen LogP contribution < -0.4 is 15.5 Å². The number of hydrogen-bond acceptors (Lipinski definition) is 3. The van der Waals surface area contributed by atoms with Crippen molar-refractivity contribution < 1.29 is 13.2 Å². The van der Waals surface area contributed by atoms with Gasteiger partial charge in [0.1, 0.15) is 0 Å². The van der Waals surface area contributed by atoms with Crippen molar-refractivity contribution in [3.8, 4) is 0 Å². The van der Waals surface area contributed by atoms with Gasteiger partial charge in [0.2, 0.25) is 0 Å². The number of nitrogens with one attached hydrogen (secondary N) is 2. The third-order valence-corrected chi connectivity index (χ3v) is 5.35. The molecular formula is C21H31F3IN5. The molecule has 30 heavy (non-hydrogen) atoms. The smallest absolute Gasteiger partial charge is 0.369 e. The lowest BCUT2D eigenvalue weighted by molar-refractivity contribution is -0.137. The molecule has 3 rings (SSSR count). The van der Waals surface area contributed by atoms with E-state index in [2.05, 4.69) is 44.6 Å². The van der Waals surface area contributed by atoms with Gasteiger partial charge in [-0.2, -0.15) is 13.2 Å². The quantitative estimate of drug-likeness (QED) is 0.259. The van der Waals surface area contributed by atoms with E-state index in [1.807, 2.05) is 6.92 Å². The van der Waals surface area contributed by atoms with E-state index in [1.165, 1.54) is 12.1 Å². The van der Waals surface area contributed by atoms with Gasteiger partial charge in [-0.05, 0) is 50.6 Å². The lowest BCUT2D eigenvalue weighted by Crippen LogP contribution is -2.45. The number of aliphatic imine (C=N–C) groups is 1. The number of hydrogen-bond donors (Lipinski definition) is 2. The highest BCUT2D eigenvalue weighted by Gasteiger charge is 2.31. The maximum absolute atomic E-state index is 13.3. The van der Waals surface area contributed by atoms with Gasteiger partial charge in [-0.1, -0.05) is 12.2 Å². The summed E-state index contributed by atoms with van der Waals surface area (Å²) in [6.45, 7) is 6.24. The minimum Gasteiger partial charge on any atom is -0.369 e. The predicted octanol–water partition coefficient (Wildman–Crippen LogP) is 3.85. The van der Waals surface area contributed by atoms with E-state index < -0.39 is 11.7 Å². The van der Waals surface area contributed by atoms with Crippen LogP contribution in [0.3, 0.4) is 0 Å². The number of guanidine groups is 1. The number of benzene rings is 1. The third kappa shape index (κ3) is 6.76. The normalized spacial score (nSPS) is 18.4. The van der Waals surface area contributed by atoms with Crippen molar-refractivity contribution in [2.75, 3.05) is 44.7 Å². The van der Waals surface area contributed by atoms with Gasteiger partial charge < -0.3 is 20.4 Å². The number of likely N-dealkylation sites (N-methyl/N-ethyl adjacent to an activating group) is 1. The number of alkyl halides is 3. The van der Waals surface area contributed by atoms with Crippen molar-refractivity contribution in [2.45, 2.75) is 38.5 Å². The van der Waals surface area contributed by atoms with Gasteiger partial charge in [0.15, 0.2) is 5.96 Å². The Kier molecular flexibility index (Phi) is 9.27. The van der Waals surface area contributed by atoms with E-state index in [4.69, 9.17) is 0 Å². The molecule has 0 saturated carbocycles. The first-order valence-electron chi connectivity index (χ1n) is 10.2. The number of rotatable bonds is 5. The maximum atomic E-state index is 13.3. The Balaban J connectivity index is 0.00000320. The summed E-state index contributed by atoms with van der Waals surface area (Å²) < 4.78 is 39.9. The fraction of sp³-hybridized carbons (Fsp3) is 0.571. The first-order valence-corrected chi connectivity index (χ1v) is 10.2. The Labute approximate surface area is 193 Å². The number of anilines is 1. The topological polar surface area (TPSA) is 42.9 Å². The Morgan fingerprint density at radius 2 is 1.80 bits per heavy atom. The Morgan fingerprint density at radius 1 is 1.13 bits per heavy atom. The van der Waals surface area contributed by atoms with E-state index in [-0.39, 0.29) is 36.6 Å². The fourth-order valence-corrected chi connectivity index (χ4v) is 3.66. The summed E-state index contributed by atoms with van der Waals surface area (Å²) in [7, 11) is 2.06. The Bertz CT molecular complexity index is 735. The molecule has 2 N–H and O–H groups in total. The van der Waals surface area contributed by atoms with Crippen LogP contribution in [0.25, 0.3) is 0 Å². The van der Waals surface area contributed by atoms with E-state index in [0.29, 0.717) is 18.1 Å². The highest BCUT2D eigenvalue weighted by atomic mass is 127. The zero-order valence-electron chi connectivity index (χ0n) is 17.5. The maximum Gasteiger partial charge on any atom is 0.416 e. The minimum atomic E-state index is -4.36. The average molecular weight is 537 g/mol. The van der Waals surface area contributed by atoms with Gasteiger partial charge in [0.25, 0.3) is 0 Å². The van der Waals surface area contributed by atoms with Crippen LogP contribution >= 0.6 is 24.0 Å².